The second kappa shape index (κ2) is 27.8. The summed E-state index contributed by atoms with van der Waals surface area (Å²) in [7, 11) is 0. The minimum absolute atomic E-state index is 0.0407. The molecule has 6 nitrogen and oxygen atoms in total. The number of benzene rings is 10. The molecule has 0 spiro atoms. The summed E-state index contributed by atoms with van der Waals surface area (Å²) in [5, 5.41) is 5.43. The molecule has 0 radical (unpaired) electrons. The summed E-state index contributed by atoms with van der Waals surface area (Å²) in [6.45, 7) is 50.7. The topological polar surface area (TPSA) is 62.0 Å². The molecular formula is C98H114BrClN4O2. The van der Waals surface area contributed by atoms with Gasteiger partial charge in [-0.25, -0.2) is 0 Å². The Bertz CT molecular complexity index is 5290. The molecule has 4 heterocycles. The largest absolute Gasteiger partial charge is 0.456 e. The Hall–Kier alpha value is -8.23. The van der Waals surface area contributed by atoms with Crippen molar-refractivity contribution in [3.8, 4) is 0 Å². The number of rotatable bonds is 5. The number of anilines is 8. The third-order valence-corrected chi connectivity index (χ3v) is 25.7. The van der Waals surface area contributed by atoms with Crippen LogP contribution in [0.2, 0.25) is 5.02 Å². The van der Waals surface area contributed by atoms with Gasteiger partial charge in [-0.15, -0.1) is 0 Å². The van der Waals surface area contributed by atoms with E-state index >= 15 is 0 Å². The van der Waals surface area contributed by atoms with Crippen LogP contribution < -0.4 is 20.4 Å². The average molecular weight is 1500 g/mol. The highest BCUT2D eigenvalue weighted by molar-refractivity contribution is 9.10. The van der Waals surface area contributed by atoms with Crippen LogP contribution >= 0.6 is 27.5 Å². The quantitative estimate of drug-likeness (QED) is 0.173. The minimum Gasteiger partial charge on any atom is -0.456 e. The molecule has 0 bridgehead atoms. The van der Waals surface area contributed by atoms with E-state index in [0.717, 1.165) is 64.7 Å². The first kappa shape index (κ1) is 76.0. The van der Waals surface area contributed by atoms with Crippen LogP contribution in [0.1, 0.15) is 229 Å². The van der Waals surface area contributed by atoms with Crippen LogP contribution in [0.25, 0.3) is 43.9 Å². The predicted molar refractivity (Wildman–Crippen MR) is 461 cm³/mol. The smallest absolute Gasteiger partial charge is 0.137 e. The van der Waals surface area contributed by atoms with Crippen LogP contribution in [0.15, 0.2) is 195 Å². The number of fused-ring (bicyclic) bond motifs is 12. The fourth-order valence-corrected chi connectivity index (χ4v) is 19.1. The molecule has 10 aromatic carbocycles. The fourth-order valence-electron chi connectivity index (χ4n) is 18.3. The standard InChI is InChI=1S/C49H56N2O.C25H32ClN.C12H7BrO.C12H19N/c1-31-25-36(30-37(26-31)51-40-22-21-34(46(4,5)6)29-39(40)48(10)23-14-15-24-49(48,51)11)50(45-32(2)27-35(28-33(45)3)47(7,8)9)41-18-16-20-43-44(41)38-17-12-13-19-42(38)52-43;1-17-13-19(26)16-20(14-17)27-22-10-9-18(23(2,3)4)15-21(22)24(5)11-7-8-12-25(24,27)6;13-9-5-3-7-11-12(9)8-4-1-2-6-10(8)14-11;1-8-6-10(12(3,4)5)7-9(2)11(8)13/h12-13,16-22,25-30H,14-15,23-24H2,1-11H3;9-10,13-16H,7-8,11-12H2,1-6H3;1-7H;6-7H,13H2,1-5H3. The third kappa shape index (κ3) is 13.6. The van der Waals surface area contributed by atoms with E-state index in [2.05, 4.69) is 322 Å². The summed E-state index contributed by atoms with van der Waals surface area (Å²) in [6.07, 6.45) is 9.98. The second-order valence-electron chi connectivity index (χ2n) is 36.6. The highest BCUT2D eigenvalue weighted by Gasteiger charge is 2.59. The number of aryl methyl sites for hydroxylation is 6. The molecular weight excluding hydrogens is 1380 g/mol. The van der Waals surface area contributed by atoms with Crippen molar-refractivity contribution >= 4 is 117 Å². The fraction of sp³-hybridized carbons (Fsp3) is 0.388. The van der Waals surface area contributed by atoms with Gasteiger partial charge >= 0.3 is 0 Å². The Morgan fingerprint density at radius 1 is 0.415 bits per heavy atom. The van der Waals surface area contributed by atoms with Crippen molar-refractivity contribution in [1.29, 1.82) is 0 Å². The Labute approximate surface area is 647 Å². The van der Waals surface area contributed by atoms with Gasteiger partial charge in [0.15, 0.2) is 0 Å². The van der Waals surface area contributed by atoms with E-state index in [4.69, 9.17) is 26.2 Å². The summed E-state index contributed by atoms with van der Waals surface area (Å²) in [5.41, 5.74) is 36.1. The predicted octanol–water partition coefficient (Wildman–Crippen LogP) is 29.5. The summed E-state index contributed by atoms with van der Waals surface area (Å²) >= 11 is 10.0. The molecule has 2 aromatic heterocycles. The number of para-hydroxylation sites is 2. The lowest BCUT2D eigenvalue weighted by molar-refractivity contribution is 0.194. The van der Waals surface area contributed by atoms with Crippen LogP contribution in [0.5, 0.6) is 0 Å². The summed E-state index contributed by atoms with van der Waals surface area (Å²) in [6, 6.07) is 66.5. The number of halogens is 2. The molecule has 12 aromatic rings. The Balaban J connectivity index is 0.000000151. The normalized spacial score (nSPS) is 19.9. The summed E-state index contributed by atoms with van der Waals surface area (Å²) in [4.78, 5) is 7.87. The van der Waals surface area contributed by atoms with Crippen molar-refractivity contribution in [2.75, 3.05) is 20.4 Å². The molecule has 4 aliphatic rings. The molecule has 106 heavy (non-hydrogen) atoms. The molecule has 4 unspecified atom stereocenters. The van der Waals surface area contributed by atoms with Crippen LogP contribution in [-0.2, 0) is 32.5 Å². The van der Waals surface area contributed by atoms with Crippen molar-refractivity contribution in [3.63, 3.8) is 0 Å². The van der Waals surface area contributed by atoms with Crippen LogP contribution in [0.3, 0.4) is 0 Å². The van der Waals surface area contributed by atoms with Gasteiger partial charge < -0.3 is 29.3 Å². The molecule has 2 fully saturated rings. The Morgan fingerprint density at radius 2 is 0.821 bits per heavy atom. The number of furan rings is 2. The van der Waals surface area contributed by atoms with E-state index in [-0.39, 0.29) is 43.6 Å². The lowest BCUT2D eigenvalue weighted by Crippen LogP contribution is -2.54. The highest BCUT2D eigenvalue weighted by Crippen LogP contribution is 2.64. The number of nitrogen functional groups attached to an aromatic ring is 1. The molecule has 2 N–H and O–H groups in total. The second-order valence-corrected chi connectivity index (χ2v) is 37.8. The molecule has 0 amide bonds. The van der Waals surface area contributed by atoms with Crippen LogP contribution in [-0.4, -0.2) is 11.1 Å². The minimum atomic E-state index is -0.0407. The zero-order valence-corrected chi connectivity index (χ0v) is 69.8. The van der Waals surface area contributed by atoms with Crippen LogP contribution in [0.4, 0.5) is 45.5 Å². The zero-order valence-electron chi connectivity index (χ0n) is 67.5. The zero-order chi connectivity index (χ0) is 76.3. The van der Waals surface area contributed by atoms with E-state index in [1.165, 1.54) is 152 Å². The van der Waals surface area contributed by atoms with E-state index in [1.807, 2.05) is 42.5 Å². The van der Waals surface area contributed by atoms with Gasteiger partial charge in [0.25, 0.3) is 0 Å². The molecule has 552 valence electrons. The average Bonchev–Trinajstić information content (AvgIpc) is 1.54. The molecule has 2 aliphatic heterocycles. The number of nitrogens with two attached hydrogens (primary N) is 1. The molecule has 2 aliphatic carbocycles. The van der Waals surface area contributed by atoms with Gasteiger partial charge in [-0.3, -0.25) is 0 Å². The lowest BCUT2D eigenvalue weighted by atomic mass is 9.61. The van der Waals surface area contributed by atoms with Gasteiger partial charge in [-0.2, -0.15) is 0 Å². The van der Waals surface area contributed by atoms with Gasteiger partial charge in [0, 0.05) is 70.6 Å². The van der Waals surface area contributed by atoms with Gasteiger partial charge in [0.2, 0.25) is 0 Å². The first-order chi connectivity index (χ1) is 49.7. The van der Waals surface area contributed by atoms with Gasteiger partial charge in [0.1, 0.15) is 22.3 Å². The van der Waals surface area contributed by atoms with E-state index in [0.29, 0.717) is 0 Å². The maximum atomic E-state index is 6.49. The number of hydrogen-bond donors (Lipinski definition) is 1. The van der Waals surface area contributed by atoms with Crippen molar-refractivity contribution < 1.29 is 8.83 Å². The number of nitrogens with zero attached hydrogens (tertiary/aromatic N) is 3. The van der Waals surface area contributed by atoms with Gasteiger partial charge in [-0.1, -0.05) is 247 Å². The van der Waals surface area contributed by atoms with Crippen molar-refractivity contribution in [3.05, 3.63) is 258 Å². The first-order valence-electron chi connectivity index (χ1n) is 38.8. The van der Waals surface area contributed by atoms with Crippen molar-refractivity contribution in [1.82, 2.24) is 0 Å². The summed E-state index contributed by atoms with van der Waals surface area (Å²) < 4.78 is 13.3. The van der Waals surface area contributed by atoms with Crippen LogP contribution in [0, 0.1) is 41.5 Å². The Kier molecular flexibility index (Phi) is 19.9. The van der Waals surface area contributed by atoms with Gasteiger partial charge in [0.05, 0.1) is 27.8 Å². The maximum Gasteiger partial charge on any atom is 0.137 e. The first-order valence-corrected chi connectivity index (χ1v) is 40.0. The summed E-state index contributed by atoms with van der Waals surface area (Å²) in [5.74, 6) is 0. The maximum absolute atomic E-state index is 6.49. The van der Waals surface area contributed by atoms with E-state index < -0.39 is 0 Å². The molecule has 8 heteroatoms. The van der Waals surface area contributed by atoms with Gasteiger partial charge in [-0.05, 0) is 254 Å². The Morgan fingerprint density at radius 3 is 1.29 bits per heavy atom. The van der Waals surface area contributed by atoms with E-state index in [9.17, 15) is 0 Å². The number of hydrogen-bond acceptors (Lipinski definition) is 6. The highest BCUT2D eigenvalue weighted by atomic mass is 79.9. The molecule has 16 rings (SSSR count). The lowest BCUT2D eigenvalue weighted by Gasteiger charge is -2.50. The monoisotopic (exact) mass is 1490 g/mol. The SMILES string of the molecule is Brc1cccc2oc3ccccc3c12.Cc1cc(C(C)(C)C)cc(C)c1N.Cc1cc(Cl)cc(N2c3ccc(C(C)(C)C)cc3C3(C)CCCCC23C)c1.Cc1cc(N(c2c(C)cc(C(C)(C)C)cc2C)c2cccc3oc4ccccc4c23)cc(N2c3ccc(C(C)(C)C)cc3C3(C)CCCCC23C)c1. The third-order valence-electron chi connectivity index (χ3n) is 24.8. The van der Waals surface area contributed by atoms with Crippen molar-refractivity contribution in [2.45, 2.75) is 247 Å². The van der Waals surface area contributed by atoms with E-state index in [1.54, 1.807) is 0 Å². The molecule has 0 saturated heterocycles. The molecule has 2 saturated carbocycles. The molecule has 4 atom stereocenters. The van der Waals surface area contributed by atoms with Crippen molar-refractivity contribution in [2.24, 2.45) is 0 Å².